The molecule has 6 nitrogen and oxygen atoms in total. The smallest absolute Gasteiger partial charge is 0.338 e. The predicted molar refractivity (Wildman–Crippen MR) is 58.2 cm³/mol. The van der Waals surface area contributed by atoms with E-state index in [1.165, 1.54) is 12.4 Å². The van der Waals surface area contributed by atoms with Gasteiger partial charge in [-0.3, -0.25) is 4.79 Å². The largest absolute Gasteiger partial charge is 0.478 e. The molecule has 1 aliphatic carbocycles. The second kappa shape index (κ2) is 4.90. The van der Waals surface area contributed by atoms with Crippen LogP contribution in [0.2, 0.25) is 0 Å². The molecule has 0 bridgehead atoms. The first kappa shape index (κ1) is 11.5. The summed E-state index contributed by atoms with van der Waals surface area (Å²) in [7, 11) is 0. The zero-order valence-corrected chi connectivity index (χ0v) is 9.22. The van der Waals surface area contributed by atoms with Crippen molar-refractivity contribution in [3.05, 3.63) is 23.8 Å². The topological polar surface area (TPSA) is 92.2 Å². The maximum Gasteiger partial charge on any atom is 0.338 e. The lowest BCUT2D eigenvalue weighted by Gasteiger charge is -2.23. The Morgan fingerprint density at radius 2 is 2.00 bits per heavy atom. The molecule has 0 saturated heterocycles. The molecule has 0 aromatic carbocycles. The van der Waals surface area contributed by atoms with Crippen molar-refractivity contribution in [1.29, 1.82) is 0 Å². The van der Waals surface area contributed by atoms with Crippen LogP contribution in [0.4, 0.5) is 0 Å². The molecule has 0 unspecified atom stereocenters. The van der Waals surface area contributed by atoms with Crippen molar-refractivity contribution in [3.63, 3.8) is 0 Å². The third-order valence-corrected chi connectivity index (χ3v) is 2.85. The highest BCUT2D eigenvalue weighted by atomic mass is 16.4. The molecular weight excluding hydrogens is 222 g/mol. The zero-order chi connectivity index (χ0) is 12.3. The van der Waals surface area contributed by atoms with Gasteiger partial charge in [0, 0.05) is 18.3 Å². The Bertz CT molecular complexity index is 426. The van der Waals surface area contributed by atoms with Crippen LogP contribution in [0.1, 0.15) is 35.4 Å². The quantitative estimate of drug-likeness (QED) is 0.796. The summed E-state index contributed by atoms with van der Waals surface area (Å²) >= 11 is 0. The van der Waals surface area contributed by atoms with E-state index >= 15 is 0 Å². The lowest BCUT2D eigenvalue weighted by atomic mass is 9.85. The molecule has 1 aliphatic rings. The highest BCUT2D eigenvalue weighted by Crippen LogP contribution is 2.26. The van der Waals surface area contributed by atoms with Gasteiger partial charge in [0.1, 0.15) is 5.82 Å². The summed E-state index contributed by atoms with van der Waals surface area (Å²) in [4.78, 5) is 29.8. The zero-order valence-electron chi connectivity index (χ0n) is 9.22. The van der Waals surface area contributed by atoms with Crippen molar-refractivity contribution in [2.24, 2.45) is 5.92 Å². The van der Waals surface area contributed by atoms with E-state index in [0.717, 1.165) is 19.3 Å². The summed E-state index contributed by atoms with van der Waals surface area (Å²) < 4.78 is 0. The minimum Gasteiger partial charge on any atom is -0.478 e. The Morgan fingerprint density at radius 1 is 1.35 bits per heavy atom. The average Bonchev–Trinajstić information content (AvgIpc) is 2.24. The van der Waals surface area contributed by atoms with E-state index in [0.29, 0.717) is 5.82 Å². The van der Waals surface area contributed by atoms with Gasteiger partial charge < -0.3 is 10.4 Å². The van der Waals surface area contributed by atoms with E-state index in [1.807, 2.05) is 0 Å². The van der Waals surface area contributed by atoms with Crippen LogP contribution >= 0.6 is 0 Å². The number of carboxylic acids is 1. The first-order valence-corrected chi connectivity index (χ1v) is 5.49. The molecular formula is C11H13N3O3. The molecule has 0 atom stereocenters. The Balaban J connectivity index is 1.86. The van der Waals surface area contributed by atoms with Crippen molar-refractivity contribution in [3.8, 4) is 0 Å². The molecule has 1 aromatic heterocycles. The standard InChI is InChI=1S/C11H13N3O3/c15-10(7-2-1-3-7)14-6-9-12-4-8(5-13-9)11(16)17/h4-5,7H,1-3,6H2,(H,14,15)(H,16,17). The van der Waals surface area contributed by atoms with Crippen molar-refractivity contribution < 1.29 is 14.7 Å². The van der Waals surface area contributed by atoms with Crippen molar-refractivity contribution in [1.82, 2.24) is 15.3 Å². The maximum absolute atomic E-state index is 11.5. The molecule has 0 radical (unpaired) electrons. The number of aromatic nitrogens is 2. The van der Waals surface area contributed by atoms with Gasteiger partial charge in [0.2, 0.25) is 5.91 Å². The van der Waals surface area contributed by atoms with Gasteiger partial charge in [-0.1, -0.05) is 6.42 Å². The number of carboxylic acid groups (broad SMARTS) is 1. The third kappa shape index (κ3) is 2.77. The summed E-state index contributed by atoms with van der Waals surface area (Å²) in [5, 5.41) is 11.4. The van der Waals surface area contributed by atoms with Crippen LogP contribution in [0.3, 0.4) is 0 Å². The van der Waals surface area contributed by atoms with Gasteiger partial charge in [0.15, 0.2) is 0 Å². The molecule has 1 saturated carbocycles. The number of hydrogen-bond acceptors (Lipinski definition) is 4. The molecule has 1 amide bonds. The molecule has 1 heterocycles. The number of nitrogens with one attached hydrogen (secondary N) is 1. The van der Waals surface area contributed by atoms with Crippen LogP contribution < -0.4 is 5.32 Å². The van der Waals surface area contributed by atoms with Crippen LogP contribution in [0, 0.1) is 5.92 Å². The SMILES string of the molecule is O=C(O)c1cnc(CNC(=O)C2CCC2)nc1. The number of nitrogens with zero attached hydrogens (tertiary/aromatic N) is 2. The first-order chi connectivity index (χ1) is 8.16. The second-order valence-electron chi connectivity index (χ2n) is 4.04. The summed E-state index contributed by atoms with van der Waals surface area (Å²) in [6.45, 7) is 0.245. The molecule has 2 rings (SSSR count). The normalized spacial score (nSPS) is 15.1. The van der Waals surface area contributed by atoms with E-state index < -0.39 is 5.97 Å². The summed E-state index contributed by atoms with van der Waals surface area (Å²) in [6, 6.07) is 0. The Hall–Kier alpha value is -1.98. The fourth-order valence-electron chi connectivity index (χ4n) is 1.54. The molecule has 0 spiro atoms. The van der Waals surface area contributed by atoms with Gasteiger partial charge in [0.25, 0.3) is 0 Å². The van der Waals surface area contributed by atoms with E-state index in [1.54, 1.807) is 0 Å². The highest BCUT2D eigenvalue weighted by molar-refractivity contribution is 5.86. The van der Waals surface area contributed by atoms with Gasteiger partial charge in [0.05, 0.1) is 12.1 Å². The van der Waals surface area contributed by atoms with Crippen LogP contribution in [0.25, 0.3) is 0 Å². The third-order valence-electron chi connectivity index (χ3n) is 2.85. The minimum atomic E-state index is -1.06. The summed E-state index contributed by atoms with van der Waals surface area (Å²) in [5.74, 6) is -0.479. The Morgan fingerprint density at radius 3 is 2.47 bits per heavy atom. The predicted octanol–water partition coefficient (Wildman–Crippen LogP) is 0.591. The number of hydrogen-bond donors (Lipinski definition) is 2. The molecule has 6 heteroatoms. The fourth-order valence-corrected chi connectivity index (χ4v) is 1.54. The summed E-state index contributed by atoms with van der Waals surface area (Å²) in [5.41, 5.74) is 0.0408. The van der Waals surface area contributed by atoms with Crippen molar-refractivity contribution in [2.75, 3.05) is 0 Å². The summed E-state index contributed by atoms with van der Waals surface area (Å²) in [6.07, 6.45) is 5.48. The number of aromatic carboxylic acids is 1. The van der Waals surface area contributed by atoms with E-state index in [2.05, 4.69) is 15.3 Å². The van der Waals surface area contributed by atoms with E-state index in [9.17, 15) is 9.59 Å². The molecule has 2 N–H and O–H groups in total. The van der Waals surface area contributed by atoms with Gasteiger partial charge in [-0.25, -0.2) is 14.8 Å². The number of carbonyl (C=O) groups excluding carboxylic acids is 1. The van der Waals surface area contributed by atoms with E-state index in [-0.39, 0.29) is 23.9 Å². The van der Waals surface area contributed by atoms with Crippen LogP contribution in [-0.4, -0.2) is 27.0 Å². The Labute approximate surface area is 98.1 Å². The lowest BCUT2D eigenvalue weighted by molar-refractivity contribution is -0.127. The van der Waals surface area contributed by atoms with Crippen LogP contribution in [0.15, 0.2) is 12.4 Å². The van der Waals surface area contributed by atoms with Crippen molar-refractivity contribution >= 4 is 11.9 Å². The first-order valence-electron chi connectivity index (χ1n) is 5.49. The molecule has 0 aliphatic heterocycles. The second-order valence-corrected chi connectivity index (χ2v) is 4.04. The van der Waals surface area contributed by atoms with Gasteiger partial charge >= 0.3 is 5.97 Å². The van der Waals surface area contributed by atoms with Crippen LogP contribution in [-0.2, 0) is 11.3 Å². The van der Waals surface area contributed by atoms with Crippen LogP contribution in [0.5, 0.6) is 0 Å². The monoisotopic (exact) mass is 235 g/mol. The lowest BCUT2D eigenvalue weighted by Crippen LogP contribution is -2.34. The molecule has 1 aromatic rings. The fraction of sp³-hybridized carbons (Fsp3) is 0.455. The molecule has 90 valence electrons. The number of rotatable bonds is 4. The number of amides is 1. The highest BCUT2D eigenvalue weighted by Gasteiger charge is 2.24. The average molecular weight is 235 g/mol. The minimum absolute atomic E-state index is 0.0298. The Kier molecular flexibility index (Phi) is 3.32. The maximum atomic E-state index is 11.5. The number of carbonyl (C=O) groups is 2. The van der Waals surface area contributed by atoms with Gasteiger partial charge in [-0.2, -0.15) is 0 Å². The molecule has 1 fully saturated rings. The van der Waals surface area contributed by atoms with E-state index in [4.69, 9.17) is 5.11 Å². The van der Waals surface area contributed by atoms with Gasteiger partial charge in [-0.15, -0.1) is 0 Å². The van der Waals surface area contributed by atoms with Crippen molar-refractivity contribution in [2.45, 2.75) is 25.8 Å². The molecule has 17 heavy (non-hydrogen) atoms. The van der Waals surface area contributed by atoms with Gasteiger partial charge in [-0.05, 0) is 12.8 Å².